The first kappa shape index (κ1) is 14.2. The summed E-state index contributed by atoms with van der Waals surface area (Å²) >= 11 is 0. The minimum atomic E-state index is -1.49. The van der Waals surface area contributed by atoms with Gasteiger partial charge in [0.2, 0.25) is 0 Å². The smallest absolute Gasteiger partial charge is 0.434 e. The number of hydrogen-bond acceptors (Lipinski definition) is 5. The molecule has 1 aromatic rings. The average molecular weight is 252 g/mol. The normalized spacial score (nSPS) is 12.0. The fourth-order valence-electron chi connectivity index (χ4n) is 1.17. The van der Waals surface area contributed by atoms with Gasteiger partial charge < -0.3 is 14.6 Å². The number of rotatable bonds is 4. The van der Waals surface area contributed by atoms with Crippen LogP contribution in [-0.4, -0.2) is 23.8 Å². The van der Waals surface area contributed by atoms with E-state index < -0.39 is 18.2 Å². The summed E-state index contributed by atoms with van der Waals surface area (Å²) in [7, 11) is 0. The highest BCUT2D eigenvalue weighted by Gasteiger charge is 2.22. The molecule has 1 rings (SSSR count). The lowest BCUT2D eigenvalue weighted by molar-refractivity contribution is -0.149. The number of esters is 1. The highest BCUT2D eigenvalue weighted by Crippen LogP contribution is 2.13. The van der Waals surface area contributed by atoms with Gasteiger partial charge in [0.1, 0.15) is 0 Å². The first-order valence-corrected chi connectivity index (χ1v) is 5.62. The molecule has 0 bridgehead atoms. The van der Waals surface area contributed by atoms with Crippen LogP contribution in [0.1, 0.15) is 25.5 Å². The number of aliphatic hydroxyl groups is 1. The van der Waals surface area contributed by atoms with Gasteiger partial charge in [0.25, 0.3) is 0 Å². The number of aliphatic hydroxyl groups excluding tert-OH is 1. The summed E-state index contributed by atoms with van der Waals surface area (Å²) in [5.74, 6) is -0.901. The Hall–Kier alpha value is -1.88. The van der Waals surface area contributed by atoms with Crippen molar-refractivity contribution in [2.75, 3.05) is 6.61 Å². The third-order valence-corrected chi connectivity index (χ3v) is 2.06. The molecule has 0 aromatic heterocycles. The SMILES string of the molecule is CC(C)COC(=O)OC(=O)[C@@H](O)c1ccccc1. The van der Waals surface area contributed by atoms with E-state index in [1.807, 2.05) is 13.8 Å². The molecule has 1 N–H and O–H groups in total. The standard InChI is InChI=1S/C13H16O5/c1-9(2)8-17-13(16)18-12(15)11(14)10-6-4-3-5-7-10/h3-7,9,11,14H,8H2,1-2H3/t11-/m0/s1. The zero-order chi connectivity index (χ0) is 13.5. The molecule has 0 spiro atoms. The molecule has 0 unspecified atom stereocenters. The van der Waals surface area contributed by atoms with E-state index in [9.17, 15) is 14.7 Å². The molecule has 98 valence electrons. The molecule has 0 aliphatic rings. The third kappa shape index (κ3) is 4.55. The highest BCUT2D eigenvalue weighted by molar-refractivity contribution is 5.85. The molecule has 0 aliphatic carbocycles. The fourth-order valence-corrected chi connectivity index (χ4v) is 1.17. The van der Waals surface area contributed by atoms with E-state index in [0.29, 0.717) is 5.56 Å². The van der Waals surface area contributed by atoms with Crippen LogP contribution in [0.3, 0.4) is 0 Å². The largest absolute Gasteiger partial charge is 0.516 e. The Morgan fingerprint density at radius 1 is 1.22 bits per heavy atom. The zero-order valence-corrected chi connectivity index (χ0v) is 10.3. The van der Waals surface area contributed by atoms with Crippen LogP contribution in [0.4, 0.5) is 4.79 Å². The van der Waals surface area contributed by atoms with Crippen LogP contribution in [0.25, 0.3) is 0 Å². The fraction of sp³-hybridized carbons (Fsp3) is 0.385. The van der Waals surface area contributed by atoms with Crippen molar-refractivity contribution in [1.29, 1.82) is 0 Å². The van der Waals surface area contributed by atoms with E-state index in [2.05, 4.69) is 9.47 Å². The first-order chi connectivity index (χ1) is 8.50. The summed E-state index contributed by atoms with van der Waals surface area (Å²) in [5.41, 5.74) is 0.360. The highest BCUT2D eigenvalue weighted by atomic mass is 16.7. The maximum atomic E-state index is 11.4. The van der Waals surface area contributed by atoms with Gasteiger partial charge in [-0.3, -0.25) is 0 Å². The lowest BCUT2D eigenvalue weighted by atomic mass is 10.1. The number of carbonyl (C=O) groups is 2. The second-order valence-electron chi connectivity index (χ2n) is 4.19. The van der Waals surface area contributed by atoms with E-state index in [0.717, 1.165) is 0 Å². The minimum absolute atomic E-state index is 0.145. The Bertz CT molecular complexity index is 399. The predicted octanol–water partition coefficient (Wildman–Crippen LogP) is 2.06. The van der Waals surface area contributed by atoms with Crippen LogP contribution in [0.5, 0.6) is 0 Å². The lowest BCUT2D eigenvalue weighted by Crippen LogP contribution is -2.21. The maximum absolute atomic E-state index is 11.4. The van der Waals surface area contributed by atoms with Crippen molar-refractivity contribution in [2.24, 2.45) is 5.92 Å². The van der Waals surface area contributed by atoms with Crippen molar-refractivity contribution in [3.05, 3.63) is 35.9 Å². The molecule has 0 saturated heterocycles. The Balaban J connectivity index is 2.48. The Kier molecular flexibility index (Phi) is 5.32. The van der Waals surface area contributed by atoms with Gasteiger partial charge in [0.05, 0.1) is 6.61 Å². The summed E-state index contributed by atoms with van der Waals surface area (Å²) in [6, 6.07) is 8.21. The summed E-state index contributed by atoms with van der Waals surface area (Å²) in [4.78, 5) is 22.5. The molecule has 0 radical (unpaired) electrons. The number of carbonyl (C=O) groups excluding carboxylic acids is 2. The van der Waals surface area contributed by atoms with Gasteiger partial charge in [-0.05, 0) is 11.5 Å². The van der Waals surface area contributed by atoms with Crippen molar-refractivity contribution in [2.45, 2.75) is 20.0 Å². The molecule has 5 nitrogen and oxygen atoms in total. The molecular weight excluding hydrogens is 236 g/mol. The van der Waals surface area contributed by atoms with Crippen LogP contribution in [0.2, 0.25) is 0 Å². The van der Waals surface area contributed by atoms with Gasteiger partial charge in [-0.2, -0.15) is 0 Å². The van der Waals surface area contributed by atoms with Gasteiger partial charge in [0.15, 0.2) is 6.10 Å². The van der Waals surface area contributed by atoms with Crippen molar-refractivity contribution >= 4 is 12.1 Å². The molecule has 0 amide bonds. The van der Waals surface area contributed by atoms with Crippen LogP contribution in [0, 0.1) is 5.92 Å². The minimum Gasteiger partial charge on any atom is -0.434 e. The lowest BCUT2D eigenvalue weighted by Gasteiger charge is -2.10. The summed E-state index contributed by atoms with van der Waals surface area (Å²) in [5, 5.41) is 9.63. The number of hydrogen-bond donors (Lipinski definition) is 1. The number of benzene rings is 1. The van der Waals surface area contributed by atoms with Gasteiger partial charge in [0, 0.05) is 0 Å². The van der Waals surface area contributed by atoms with E-state index in [1.54, 1.807) is 30.3 Å². The van der Waals surface area contributed by atoms with Crippen molar-refractivity contribution in [3.63, 3.8) is 0 Å². The van der Waals surface area contributed by atoms with Crippen LogP contribution < -0.4 is 0 Å². The molecule has 0 aliphatic heterocycles. The summed E-state index contributed by atoms with van der Waals surface area (Å²) in [6.45, 7) is 3.87. The molecule has 1 atom stereocenters. The Labute approximate surface area is 105 Å². The molecule has 0 saturated carbocycles. The van der Waals surface area contributed by atoms with Gasteiger partial charge >= 0.3 is 12.1 Å². The summed E-state index contributed by atoms with van der Waals surface area (Å²) < 4.78 is 9.03. The van der Waals surface area contributed by atoms with Gasteiger partial charge in [-0.25, -0.2) is 9.59 Å². The van der Waals surface area contributed by atoms with E-state index in [4.69, 9.17) is 0 Å². The van der Waals surface area contributed by atoms with E-state index in [1.165, 1.54) is 0 Å². The van der Waals surface area contributed by atoms with E-state index >= 15 is 0 Å². The zero-order valence-electron chi connectivity index (χ0n) is 10.3. The quantitative estimate of drug-likeness (QED) is 0.656. The average Bonchev–Trinajstić information content (AvgIpc) is 2.36. The predicted molar refractivity (Wildman–Crippen MR) is 63.7 cm³/mol. The first-order valence-electron chi connectivity index (χ1n) is 5.62. The van der Waals surface area contributed by atoms with Gasteiger partial charge in [-0.1, -0.05) is 44.2 Å². The molecule has 0 heterocycles. The van der Waals surface area contributed by atoms with Gasteiger partial charge in [-0.15, -0.1) is 0 Å². The molecule has 5 heteroatoms. The topological polar surface area (TPSA) is 72.8 Å². The second-order valence-corrected chi connectivity index (χ2v) is 4.19. The molecule has 0 fully saturated rings. The maximum Gasteiger partial charge on any atom is 0.516 e. The van der Waals surface area contributed by atoms with Crippen LogP contribution in [0.15, 0.2) is 30.3 Å². The molecule has 1 aromatic carbocycles. The van der Waals surface area contributed by atoms with E-state index in [-0.39, 0.29) is 12.5 Å². The third-order valence-electron chi connectivity index (χ3n) is 2.06. The summed E-state index contributed by atoms with van der Waals surface area (Å²) in [6.07, 6.45) is -2.58. The monoisotopic (exact) mass is 252 g/mol. The van der Waals surface area contributed by atoms with Crippen LogP contribution >= 0.6 is 0 Å². The van der Waals surface area contributed by atoms with Crippen molar-refractivity contribution in [3.8, 4) is 0 Å². The molecule has 18 heavy (non-hydrogen) atoms. The van der Waals surface area contributed by atoms with Crippen molar-refractivity contribution < 1.29 is 24.2 Å². The van der Waals surface area contributed by atoms with Crippen molar-refractivity contribution in [1.82, 2.24) is 0 Å². The van der Waals surface area contributed by atoms with Crippen LogP contribution in [-0.2, 0) is 14.3 Å². The second kappa shape index (κ2) is 6.76. The Morgan fingerprint density at radius 2 is 1.83 bits per heavy atom. The molecular formula is C13H16O5. The number of ether oxygens (including phenoxy) is 2. The Morgan fingerprint density at radius 3 is 2.39 bits per heavy atom.